The van der Waals surface area contributed by atoms with Crippen LogP contribution in [-0.4, -0.2) is 35.5 Å². The Balaban J connectivity index is 2.65. The van der Waals surface area contributed by atoms with E-state index in [1.807, 2.05) is 6.92 Å². The van der Waals surface area contributed by atoms with Crippen molar-refractivity contribution in [1.29, 1.82) is 0 Å². The number of rotatable bonds is 8. The normalized spacial score (nSPS) is 12.6. The first-order valence-corrected chi connectivity index (χ1v) is 7.45. The van der Waals surface area contributed by atoms with Crippen molar-refractivity contribution in [3.63, 3.8) is 0 Å². The molecule has 1 amide bonds. The molecule has 0 saturated carbocycles. The van der Waals surface area contributed by atoms with E-state index in [9.17, 15) is 9.59 Å². The summed E-state index contributed by atoms with van der Waals surface area (Å²) in [6.07, 6.45) is 1.92. The van der Waals surface area contributed by atoms with Crippen LogP contribution in [0.1, 0.15) is 26.7 Å². The number of amides is 1. The average molecular weight is 320 g/mol. The molecule has 0 aromatic heterocycles. The van der Waals surface area contributed by atoms with Gasteiger partial charge in [0, 0.05) is 18.4 Å². The second kappa shape index (κ2) is 8.82. The van der Waals surface area contributed by atoms with Gasteiger partial charge in [-0.15, -0.1) is 0 Å². The Kier molecular flexibility index (Phi) is 7.12. The number of benzene rings is 1. The summed E-state index contributed by atoms with van der Waals surface area (Å²) in [6, 6.07) is 6.91. The summed E-state index contributed by atoms with van der Waals surface area (Å²) in [5.74, 6) is -1.20. The highest BCUT2D eigenvalue weighted by atomic mass is 16.5. The Morgan fingerprint density at radius 3 is 2.48 bits per heavy atom. The van der Waals surface area contributed by atoms with Gasteiger partial charge in [-0.1, -0.05) is 6.08 Å². The van der Waals surface area contributed by atoms with Crippen LogP contribution in [0.4, 0.5) is 5.69 Å². The van der Waals surface area contributed by atoms with Gasteiger partial charge in [-0.05, 0) is 44.5 Å². The van der Waals surface area contributed by atoms with E-state index >= 15 is 0 Å². The third-order valence-electron chi connectivity index (χ3n) is 3.66. The Morgan fingerprint density at radius 2 is 1.96 bits per heavy atom. The number of anilines is 1. The van der Waals surface area contributed by atoms with Crippen LogP contribution >= 0.6 is 0 Å². The number of carbonyl (C=O) groups is 2. The summed E-state index contributed by atoms with van der Waals surface area (Å²) in [4.78, 5) is 24.9. The second-order valence-corrected chi connectivity index (χ2v) is 5.33. The molecular formula is C17H24N2O4. The molecule has 6 heteroatoms. The van der Waals surface area contributed by atoms with E-state index in [1.54, 1.807) is 44.3 Å². The van der Waals surface area contributed by atoms with E-state index in [0.717, 1.165) is 5.70 Å². The molecule has 1 atom stereocenters. The molecule has 6 nitrogen and oxygen atoms in total. The van der Waals surface area contributed by atoms with Crippen LogP contribution in [0.3, 0.4) is 0 Å². The van der Waals surface area contributed by atoms with Gasteiger partial charge < -0.3 is 20.5 Å². The van der Waals surface area contributed by atoms with Crippen LogP contribution in [0.15, 0.2) is 36.0 Å². The summed E-state index contributed by atoms with van der Waals surface area (Å²) in [7, 11) is 1.65. The minimum absolute atomic E-state index is 0.217. The molecule has 0 saturated heterocycles. The van der Waals surface area contributed by atoms with Gasteiger partial charge in [0.05, 0.1) is 18.9 Å². The van der Waals surface area contributed by atoms with E-state index in [4.69, 9.17) is 15.6 Å². The van der Waals surface area contributed by atoms with Gasteiger partial charge in [0.2, 0.25) is 5.91 Å². The number of nitrogen functional groups attached to an aromatic ring is 1. The summed E-state index contributed by atoms with van der Waals surface area (Å²) in [6.45, 7) is 3.90. The first-order chi connectivity index (χ1) is 10.8. The molecule has 126 valence electrons. The van der Waals surface area contributed by atoms with Crippen molar-refractivity contribution in [2.24, 2.45) is 5.92 Å². The first-order valence-electron chi connectivity index (χ1n) is 7.45. The lowest BCUT2D eigenvalue weighted by atomic mass is 10.00. The summed E-state index contributed by atoms with van der Waals surface area (Å²) in [5, 5.41) is 9.02. The maximum absolute atomic E-state index is 12.4. The molecule has 0 radical (unpaired) electrons. The van der Waals surface area contributed by atoms with Crippen LogP contribution < -0.4 is 10.5 Å². The predicted molar refractivity (Wildman–Crippen MR) is 88.9 cm³/mol. The summed E-state index contributed by atoms with van der Waals surface area (Å²) < 4.78 is 5.56. The lowest BCUT2D eigenvalue weighted by Gasteiger charge is -2.23. The maximum atomic E-state index is 12.4. The van der Waals surface area contributed by atoms with Gasteiger partial charge in [0.25, 0.3) is 0 Å². The third-order valence-corrected chi connectivity index (χ3v) is 3.66. The number of ether oxygens (including phenoxy) is 1. The number of carboxylic acid groups (broad SMARTS) is 1. The minimum atomic E-state index is -0.998. The second-order valence-electron chi connectivity index (χ2n) is 5.33. The highest BCUT2D eigenvalue weighted by molar-refractivity contribution is 5.84. The van der Waals surface area contributed by atoms with E-state index in [0.29, 0.717) is 17.9 Å². The molecule has 0 aliphatic rings. The van der Waals surface area contributed by atoms with Crippen LogP contribution in [0, 0.1) is 5.92 Å². The highest BCUT2D eigenvalue weighted by Gasteiger charge is 2.25. The first kappa shape index (κ1) is 18.5. The maximum Gasteiger partial charge on any atom is 0.304 e. The SMILES string of the molecule is CC=C(C)N(C)C(=O)C(CCOc1ccc(N)cc1)CC(=O)O. The third kappa shape index (κ3) is 6.02. The number of hydrogen-bond donors (Lipinski definition) is 2. The number of nitrogens with zero attached hydrogens (tertiary/aromatic N) is 1. The van der Waals surface area contributed by atoms with Crippen LogP contribution in [0.5, 0.6) is 5.75 Å². The standard InChI is InChI=1S/C17H24N2O4/c1-4-12(2)19(3)17(22)13(11-16(20)21)9-10-23-15-7-5-14(18)6-8-15/h4-8,13H,9-11,18H2,1-3H3,(H,20,21). The Bertz CT molecular complexity index is 566. The molecular weight excluding hydrogens is 296 g/mol. The molecule has 1 aromatic rings. The van der Waals surface area contributed by atoms with Crippen molar-refractivity contribution in [2.75, 3.05) is 19.4 Å². The molecule has 0 heterocycles. The molecule has 1 unspecified atom stereocenters. The zero-order chi connectivity index (χ0) is 17.4. The molecule has 0 aliphatic heterocycles. The van der Waals surface area contributed by atoms with Crippen LogP contribution in [-0.2, 0) is 9.59 Å². The topological polar surface area (TPSA) is 92.9 Å². The number of allylic oxidation sites excluding steroid dienone is 2. The molecule has 0 aliphatic carbocycles. The van der Waals surface area contributed by atoms with Gasteiger partial charge >= 0.3 is 5.97 Å². The average Bonchev–Trinajstić information content (AvgIpc) is 2.53. The number of carboxylic acids is 1. The largest absolute Gasteiger partial charge is 0.494 e. The smallest absolute Gasteiger partial charge is 0.304 e. The summed E-state index contributed by atoms with van der Waals surface area (Å²) in [5.41, 5.74) is 7.02. The Hall–Kier alpha value is -2.50. The fourth-order valence-corrected chi connectivity index (χ4v) is 2.05. The van der Waals surface area contributed by atoms with Gasteiger partial charge in [-0.2, -0.15) is 0 Å². The number of hydrogen-bond acceptors (Lipinski definition) is 4. The zero-order valence-corrected chi connectivity index (χ0v) is 13.8. The molecule has 1 aromatic carbocycles. The van der Waals surface area contributed by atoms with Gasteiger partial charge in [0.15, 0.2) is 0 Å². The fourth-order valence-electron chi connectivity index (χ4n) is 2.05. The van der Waals surface area contributed by atoms with Crippen LogP contribution in [0.25, 0.3) is 0 Å². The molecule has 0 spiro atoms. The molecule has 0 fully saturated rings. The quantitative estimate of drug-likeness (QED) is 0.718. The van der Waals surface area contributed by atoms with Crippen molar-refractivity contribution < 1.29 is 19.4 Å². The van der Waals surface area contributed by atoms with Crippen molar-refractivity contribution in [1.82, 2.24) is 4.90 Å². The number of nitrogens with two attached hydrogens (primary N) is 1. The number of aliphatic carboxylic acids is 1. The molecule has 0 bridgehead atoms. The Labute approximate surface area is 136 Å². The predicted octanol–water partition coefficient (Wildman–Crippen LogP) is 2.51. The van der Waals surface area contributed by atoms with Crippen molar-refractivity contribution >= 4 is 17.6 Å². The summed E-state index contributed by atoms with van der Waals surface area (Å²) >= 11 is 0. The lowest BCUT2D eigenvalue weighted by Crippen LogP contribution is -2.33. The highest BCUT2D eigenvalue weighted by Crippen LogP contribution is 2.18. The monoisotopic (exact) mass is 320 g/mol. The van der Waals surface area contributed by atoms with E-state index in [1.165, 1.54) is 4.90 Å². The van der Waals surface area contributed by atoms with Gasteiger partial charge in [-0.3, -0.25) is 9.59 Å². The van der Waals surface area contributed by atoms with Crippen molar-refractivity contribution in [3.8, 4) is 5.75 Å². The molecule has 1 rings (SSSR count). The molecule has 3 N–H and O–H groups in total. The van der Waals surface area contributed by atoms with Crippen molar-refractivity contribution in [2.45, 2.75) is 26.7 Å². The van der Waals surface area contributed by atoms with Crippen molar-refractivity contribution in [3.05, 3.63) is 36.0 Å². The van der Waals surface area contributed by atoms with Gasteiger partial charge in [-0.25, -0.2) is 0 Å². The zero-order valence-electron chi connectivity index (χ0n) is 13.8. The van der Waals surface area contributed by atoms with E-state index in [2.05, 4.69) is 0 Å². The van der Waals surface area contributed by atoms with Gasteiger partial charge in [0.1, 0.15) is 5.75 Å². The minimum Gasteiger partial charge on any atom is -0.494 e. The molecule has 23 heavy (non-hydrogen) atoms. The fraction of sp³-hybridized carbons (Fsp3) is 0.412. The van der Waals surface area contributed by atoms with E-state index in [-0.39, 0.29) is 18.9 Å². The lowest BCUT2D eigenvalue weighted by molar-refractivity contribution is -0.143. The number of carbonyl (C=O) groups excluding carboxylic acids is 1. The Morgan fingerprint density at radius 1 is 1.35 bits per heavy atom. The van der Waals surface area contributed by atoms with Crippen LogP contribution in [0.2, 0.25) is 0 Å². The van der Waals surface area contributed by atoms with E-state index < -0.39 is 11.9 Å².